The van der Waals surface area contributed by atoms with Gasteiger partial charge in [-0.3, -0.25) is 24.5 Å². The summed E-state index contributed by atoms with van der Waals surface area (Å²) in [6.45, 7) is 5.96. The van der Waals surface area contributed by atoms with Crippen molar-refractivity contribution in [1.29, 1.82) is 0 Å². The van der Waals surface area contributed by atoms with E-state index in [2.05, 4.69) is 31.1 Å². The van der Waals surface area contributed by atoms with Gasteiger partial charge in [0.05, 0.1) is 34.7 Å². The number of nitrogen functional groups attached to an aromatic ring is 1. The minimum atomic E-state index is -0.386. The van der Waals surface area contributed by atoms with Crippen molar-refractivity contribution >= 4 is 39.9 Å². The van der Waals surface area contributed by atoms with Gasteiger partial charge in [-0.05, 0) is 24.6 Å². The van der Waals surface area contributed by atoms with Gasteiger partial charge < -0.3 is 15.5 Å². The average Bonchev–Trinajstić information content (AvgIpc) is 3.16. The summed E-state index contributed by atoms with van der Waals surface area (Å²) >= 11 is 0. The van der Waals surface area contributed by atoms with E-state index in [1.165, 1.54) is 0 Å². The topological polar surface area (TPSA) is 113 Å². The van der Waals surface area contributed by atoms with Crippen LogP contribution in [0.1, 0.15) is 24.5 Å². The molecule has 10 nitrogen and oxygen atoms in total. The zero-order valence-corrected chi connectivity index (χ0v) is 19.9. The number of carbonyl (C=O) groups is 2. The van der Waals surface area contributed by atoms with Crippen LogP contribution in [0, 0.1) is 0 Å². The van der Waals surface area contributed by atoms with Crippen LogP contribution in [0.2, 0.25) is 0 Å². The van der Waals surface area contributed by atoms with Gasteiger partial charge in [0.25, 0.3) is 0 Å². The zero-order valence-electron chi connectivity index (χ0n) is 19.9. The fourth-order valence-corrected chi connectivity index (χ4v) is 5.62. The van der Waals surface area contributed by atoms with Gasteiger partial charge in [-0.25, -0.2) is 4.98 Å². The molecule has 35 heavy (non-hydrogen) atoms. The number of nitrogens with one attached hydrogen (secondary N) is 1. The van der Waals surface area contributed by atoms with Crippen molar-refractivity contribution in [2.24, 2.45) is 7.05 Å². The van der Waals surface area contributed by atoms with Crippen molar-refractivity contribution in [1.82, 2.24) is 25.0 Å². The first-order valence-corrected chi connectivity index (χ1v) is 12.2. The Bertz CT molecular complexity index is 1270. The first-order chi connectivity index (χ1) is 17.0. The standard InChI is InChI=1S/C25H30N8O2/c1-30-24-18(23(29-30)19-6-8-22(34)28-25(19)35)3-2-4-20(24)33-14-17(15-33)32-11-9-31(10-12-32)16-5-7-21(26)27-13-16/h2-5,7,13,17,19H,6,8-12,14-15H2,1H3,(H2,26,27)(H,28,34,35). The third-order valence-corrected chi connectivity index (χ3v) is 7.61. The van der Waals surface area contributed by atoms with E-state index in [-0.39, 0.29) is 17.7 Å². The molecule has 182 valence electrons. The summed E-state index contributed by atoms with van der Waals surface area (Å²) in [5, 5.41) is 8.19. The Kier molecular flexibility index (Phi) is 5.32. The van der Waals surface area contributed by atoms with Crippen LogP contribution in [0.15, 0.2) is 36.5 Å². The van der Waals surface area contributed by atoms with Crippen LogP contribution in [0.25, 0.3) is 10.9 Å². The highest BCUT2D eigenvalue weighted by molar-refractivity contribution is 6.03. The molecule has 3 aliphatic rings. The van der Waals surface area contributed by atoms with E-state index in [1.54, 1.807) is 0 Å². The number of carbonyl (C=O) groups excluding carboxylic acids is 2. The highest BCUT2D eigenvalue weighted by Gasteiger charge is 2.36. The molecule has 2 aromatic heterocycles. The van der Waals surface area contributed by atoms with Gasteiger partial charge in [-0.1, -0.05) is 12.1 Å². The second-order valence-corrected chi connectivity index (χ2v) is 9.71. The number of nitrogens with two attached hydrogens (primary N) is 1. The fraction of sp³-hybridized carbons (Fsp3) is 0.440. The van der Waals surface area contributed by atoms with Gasteiger partial charge in [0.2, 0.25) is 11.8 Å². The summed E-state index contributed by atoms with van der Waals surface area (Å²) in [6, 6.07) is 10.6. The number of hydrogen-bond acceptors (Lipinski definition) is 8. The molecule has 1 aromatic carbocycles. The maximum absolute atomic E-state index is 12.5. The first-order valence-electron chi connectivity index (χ1n) is 12.2. The van der Waals surface area contributed by atoms with Crippen LogP contribution in [0.3, 0.4) is 0 Å². The molecule has 1 atom stereocenters. The van der Waals surface area contributed by atoms with E-state index in [4.69, 9.17) is 10.8 Å². The Labute approximate surface area is 203 Å². The van der Waals surface area contributed by atoms with Gasteiger partial charge in [0, 0.05) is 64.2 Å². The van der Waals surface area contributed by atoms with Crippen molar-refractivity contribution in [3.05, 3.63) is 42.2 Å². The lowest BCUT2D eigenvalue weighted by Crippen LogP contribution is -2.63. The molecular formula is C25H30N8O2. The summed E-state index contributed by atoms with van der Waals surface area (Å²) in [5.41, 5.74) is 9.81. The minimum Gasteiger partial charge on any atom is -0.384 e. The Hall–Kier alpha value is -3.66. The molecule has 0 aliphatic carbocycles. The molecule has 5 heterocycles. The van der Waals surface area contributed by atoms with Crippen LogP contribution in [0.4, 0.5) is 17.2 Å². The molecule has 3 aromatic rings. The number of nitrogens with zero attached hydrogens (tertiary/aromatic N) is 6. The largest absolute Gasteiger partial charge is 0.384 e. The molecule has 0 radical (unpaired) electrons. The number of fused-ring (bicyclic) bond motifs is 1. The summed E-state index contributed by atoms with van der Waals surface area (Å²) < 4.78 is 1.89. The van der Waals surface area contributed by atoms with E-state index in [9.17, 15) is 9.59 Å². The van der Waals surface area contributed by atoms with E-state index in [0.29, 0.717) is 24.7 Å². The Morgan fingerprint density at radius 3 is 2.54 bits per heavy atom. The lowest BCUT2D eigenvalue weighted by molar-refractivity contribution is -0.134. The van der Waals surface area contributed by atoms with Crippen LogP contribution in [-0.4, -0.2) is 76.8 Å². The molecule has 3 saturated heterocycles. The van der Waals surface area contributed by atoms with Gasteiger partial charge >= 0.3 is 0 Å². The van der Waals surface area contributed by atoms with Gasteiger partial charge in [-0.15, -0.1) is 0 Å². The Balaban J connectivity index is 1.14. The first kappa shape index (κ1) is 21.8. The fourth-order valence-electron chi connectivity index (χ4n) is 5.62. The third-order valence-electron chi connectivity index (χ3n) is 7.61. The smallest absolute Gasteiger partial charge is 0.235 e. The number of piperazine rings is 1. The van der Waals surface area contributed by atoms with Crippen LogP contribution in [-0.2, 0) is 16.6 Å². The molecule has 0 saturated carbocycles. The number of aryl methyl sites for hydroxylation is 1. The van der Waals surface area contributed by atoms with E-state index >= 15 is 0 Å². The van der Waals surface area contributed by atoms with E-state index in [0.717, 1.165) is 67.2 Å². The maximum atomic E-state index is 12.5. The molecule has 3 aliphatic heterocycles. The van der Waals surface area contributed by atoms with Crippen LogP contribution >= 0.6 is 0 Å². The molecule has 6 rings (SSSR count). The second-order valence-electron chi connectivity index (χ2n) is 9.71. The summed E-state index contributed by atoms with van der Waals surface area (Å²) in [7, 11) is 1.93. The molecular weight excluding hydrogens is 444 g/mol. The molecule has 0 bridgehead atoms. The van der Waals surface area contributed by atoms with E-state index in [1.807, 2.05) is 42.2 Å². The van der Waals surface area contributed by atoms with E-state index < -0.39 is 0 Å². The lowest BCUT2D eigenvalue weighted by Gasteiger charge is -2.49. The number of pyridine rings is 1. The number of hydrogen-bond donors (Lipinski definition) is 2. The Morgan fingerprint density at radius 2 is 1.83 bits per heavy atom. The number of rotatable bonds is 4. The lowest BCUT2D eigenvalue weighted by atomic mass is 9.92. The number of imide groups is 1. The van der Waals surface area contributed by atoms with Crippen molar-refractivity contribution in [2.45, 2.75) is 24.8 Å². The number of amides is 2. The van der Waals surface area contributed by atoms with Gasteiger partial charge in [0.1, 0.15) is 5.82 Å². The molecule has 2 amide bonds. The minimum absolute atomic E-state index is 0.204. The molecule has 1 unspecified atom stereocenters. The number of benzene rings is 1. The number of aromatic nitrogens is 3. The summed E-state index contributed by atoms with van der Waals surface area (Å²) in [4.78, 5) is 35.6. The number of anilines is 3. The van der Waals surface area contributed by atoms with Gasteiger partial charge in [-0.2, -0.15) is 5.10 Å². The summed E-state index contributed by atoms with van der Waals surface area (Å²) in [5.74, 6) is -0.285. The molecule has 0 spiro atoms. The summed E-state index contributed by atoms with van der Waals surface area (Å²) in [6.07, 6.45) is 2.71. The predicted molar refractivity (Wildman–Crippen MR) is 134 cm³/mol. The predicted octanol–water partition coefficient (Wildman–Crippen LogP) is 1.08. The number of piperidine rings is 1. The van der Waals surface area contributed by atoms with Crippen LogP contribution in [0.5, 0.6) is 0 Å². The molecule has 10 heteroatoms. The van der Waals surface area contributed by atoms with Crippen molar-refractivity contribution in [3.63, 3.8) is 0 Å². The highest BCUT2D eigenvalue weighted by atomic mass is 16.2. The second kappa shape index (κ2) is 8.53. The SMILES string of the molecule is Cn1nc(C2CCC(=O)NC2=O)c2cccc(N3CC(N4CCN(c5ccc(N)nc5)CC4)C3)c21. The molecule has 3 N–H and O–H groups in total. The van der Waals surface area contributed by atoms with Gasteiger partial charge in [0.15, 0.2) is 0 Å². The van der Waals surface area contributed by atoms with Crippen molar-refractivity contribution in [2.75, 3.05) is 54.8 Å². The highest BCUT2D eigenvalue weighted by Crippen LogP contribution is 2.36. The van der Waals surface area contributed by atoms with Crippen molar-refractivity contribution < 1.29 is 9.59 Å². The zero-order chi connectivity index (χ0) is 24.1. The maximum Gasteiger partial charge on any atom is 0.235 e. The van der Waals surface area contributed by atoms with Crippen molar-refractivity contribution in [3.8, 4) is 0 Å². The average molecular weight is 475 g/mol. The number of para-hydroxylation sites is 1. The monoisotopic (exact) mass is 474 g/mol. The van der Waals surface area contributed by atoms with Crippen LogP contribution < -0.4 is 20.9 Å². The quantitative estimate of drug-likeness (QED) is 0.541. The normalized spacial score (nSPS) is 21.9. The molecule has 3 fully saturated rings. The Morgan fingerprint density at radius 1 is 1.03 bits per heavy atom. The third kappa shape index (κ3) is 3.87.